The van der Waals surface area contributed by atoms with E-state index in [1.165, 1.54) is 7.11 Å². The monoisotopic (exact) mass is 717 g/mol. The van der Waals surface area contributed by atoms with E-state index in [-0.39, 0.29) is 36.9 Å². The molecule has 274 valence electrons. The Morgan fingerprint density at radius 3 is 2.19 bits per heavy atom. The van der Waals surface area contributed by atoms with Crippen LogP contribution >= 0.6 is 0 Å². The zero-order valence-electron chi connectivity index (χ0n) is 29.7. The van der Waals surface area contributed by atoms with E-state index in [0.29, 0.717) is 48.6 Å². The van der Waals surface area contributed by atoms with Crippen LogP contribution in [-0.2, 0) is 25.5 Å². The summed E-state index contributed by atoms with van der Waals surface area (Å²) in [6.07, 6.45) is 2.41. The van der Waals surface area contributed by atoms with Crippen molar-refractivity contribution in [2.45, 2.75) is 31.7 Å². The van der Waals surface area contributed by atoms with Crippen molar-refractivity contribution in [2.24, 2.45) is 17.4 Å². The Morgan fingerprint density at radius 1 is 0.868 bits per heavy atom. The molecule has 0 bridgehead atoms. The van der Waals surface area contributed by atoms with E-state index in [1.54, 1.807) is 42.5 Å². The Labute approximate surface area is 308 Å². The van der Waals surface area contributed by atoms with Crippen molar-refractivity contribution in [3.8, 4) is 28.4 Å². The van der Waals surface area contributed by atoms with Gasteiger partial charge in [-0.05, 0) is 64.2 Å². The van der Waals surface area contributed by atoms with E-state index in [4.69, 9.17) is 25.7 Å². The lowest BCUT2D eigenvalue weighted by atomic mass is 9.92. The van der Waals surface area contributed by atoms with Gasteiger partial charge in [-0.3, -0.25) is 26.0 Å². The van der Waals surface area contributed by atoms with Crippen molar-refractivity contribution in [3.05, 3.63) is 115 Å². The zero-order valence-corrected chi connectivity index (χ0v) is 29.7. The molecule has 11 heteroatoms. The predicted octanol–water partition coefficient (Wildman–Crippen LogP) is 3.92. The predicted molar refractivity (Wildman–Crippen MR) is 205 cm³/mol. The molecule has 53 heavy (non-hydrogen) atoms. The van der Waals surface area contributed by atoms with Crippen LogP contribution in [0.5, 0.6) is 17.2 Å². The van der Waals surface area contributed by atoms with Crippen LogP contribution in [0.1, 0.15) is 24.8 Å². The third kappa shape index (κ3) is 9.91. The molecule has 0 unspecified atom stereocenters. The summed E-state index contributed by atoms with van der Waals surface area (Å²) in [6, 6.07) is 28.8. The molecular weight excluding hydrogens is 672 g/mol. The van der Waals surface area contributed by atoms with Crippen LogP contribution in [0.25, 0.3) is 32.7 Å². The standard InChI is InChI=1S/C42H44N4O7/c1-3-23-52-32-18-14-27(15-19-32)24-35(41(50)51-2)46-40(49)30(11-8-22-45-42(43)44)25-31(47)26-53-37-21-17-29-10-5-7-13-34(29)39(37)38-33-12-6-4-9-28(33)16-20-36(38)48/h3-7,9-10,12-21,30,35,48H,1,8,11,22-26H2,2H3,(H,46,49)(H4,43,44,45)/p+1/t30-,35-/m0/s1. The average molecular weight is 718 g/mol. The van der Waals surface area contributed by atoms with Gasteiger partial charge in [0.2, 0.25) is 5.91 Å². The topological polar surface area (TPSA) is 177 Å². The summed E-state index contributed by atoms with van der Waals surface area (Å²) in [4.78, 5) is 43.1. The van der Waals surface area contributed by atoms with Crippen molar-refractivity contribution in [1.82, 2.24) is 5.32 Å². The highest BCUT2D eigenvalue weighted by molar-refractivity contribution is 6.09. The number of phenols is 1. The molecule has 0 aliphatic carbocycles. The van der Waals surface area contributed by atoms with Gasteiger partial charge >= 0.3 is 11.9 Å². The number of benzene rings is 5. The van der Waals surface area contributed by atoms with Crippen LogP contribution in [0.4, 0.5) is 0 Å². The molecule has 0 aromatic heterocycles. The first-order valence-corrected chi connectivity index (χ1v) is 17.4. The number of hydrogen-bond donors (Lipinski definition) is 5. The number of methoxy groups -OCH3 is 1. The second kappa shape index (κ2) is 18.2. The van der Waals surface area contributed by atoms with E-state index in [9.17, 15) is 19.5 Å². The van der Waals surface area contributed by atoms with Gasteiger partial charge in [-0.1, -0.05) is 85.5 Å². The fraction of sp³-hybridized carbons (Fsp3) is 0.238. The summed E-state index contributed by atoms with van der Waals surface area (Å²) in [5, 5.41) is 17.5. The zero-order chi connectivity index (χ0) is 37.7. The summed E-state index contributed by atoms with van der Waals surface area (Å²) in [7, 11) is 1.25. The number of fused-ring (bicyclic) bond motifs is 2. The number of Topliss-reactive ketones (excluding diaryl/α,β-unsaturated/α-hetero) is 1. The van der Waals surface area contributed by atoms with Crippen LogP contribution < -0.4 is 31.3 Å². The van der Waals surface area contributed by atoms with Crippen molar-refractivity contribution in [2.75, 3.05) is 26.9 Å². The van der Waals surface area contributed by atoms with Crippen molar-refractivity contribution in [1.29, 1.82) is 0 Å². The fourth-order valence-electron chi connectivity index (χ4n) is 6.29. The number of amides is 1. The molecule has 0 saturated heterocycles. The number of carbonyl (C=O) groups excluding carboxylic acids is 3. The molecule has 0 aliphatic heterocycles. The van der Waals surface area contributed by atoms with Crippen molar-refractivity contribution in [3.63, 3.8) is 0 Å². The number of nitrogens with one attached hydrogen (secondary N) is 2. The summed E-state index contributed by atoms with van der Waals surface area (Å²) in [6.45, 7) is 4.05. The van der Waals surface area contributed by atoms with E-state index in [0.717, 1.165) is 27.1 Å². The normalized spacial score (nSPS) is 12.0. The molecule has 7 N–H and O–H groups in total. The van der Waals surface area contributed by atoms with Crippen LogP contribution in [0.15, 0.2) is 110 Å². The lowest BCUT2D eigenvalue weighted by Gasteiger charge is -2.22. The van der Waals surface area contributed by atoms with Gasteiger partial charge in [-0.15, -0.1) is 0 Å². The molecule has 0 spiro atoms. The highest BCUT2D eigenvalue weighted by Gasteiger charge is 2.28. The Morgan fingerprint density at radius 2 is 1.53 bits per heavy atom. The Bertz CT molecular complexity index is 2110. The van der Waals surface area contributed by atoms with Gasteiger partial charge < -0.3 is 24.6 Å². The average Bonchev–Trinajstić information content (AvgIpc) is 3.17. The highest BCUT2D eigenvalue weighted by atomic mass is 16.5. The molecule has 2 atom stereocenters. The minimum absolute atomic E-state index is 0.0468. The summed E-state index contributed by atoms with van der Waals surface area (Å²) in [5.41, 5.74) is 13.1. The van der Waals surface area contributed by atoms with E-state index in [2.05, 4.69) is 16.9 Å². The summed E-state index contributed by atoms with van der Waals surface area (Å²) in [5.74, 6) is -1.04. The second-order valence-electron chi connectivity index (χ2n) is 12.6. The maximum atomic E-state index is 13.8. The summed E-state index contributed by atoms with van der Waals surface area (Å²) >= 11 is 0. The molecule has 0 fully saturated rings. The number of phenolic OH excluding ortho intramolecular Hbond substituents is 1. The van der Waals surface area contributed by atoms with Crippen LogP contribution in [-0.4, -0.2) is 61.6 Å². The van der Waals surface area contributed by atoms with Gasteiger partial charge in [0.25, 0.3) is 0 Å². The number of rotatable bonds is 18. The quantitative estimate of drug-likeness (QED) is 0.0296. The number of hydrogen-bond acceptors (Lipinski definition) is 7. The molecule has 5 aromatic rings. The Balaban J connectivity index is 1.36. The number of aromatic hydroxyl groups is 1. The van der Waals surface area contributed by atoms with E-state index in [1.807, 2.05) is 60.7 Å². The first kappa shape index (κ1) is 37.9. The smallest absolute Gasteiger partial charge is 0.338 e. The number of carbonyl (C=O) groups is 3. The molecule has 0 radical (unpaired) electrons. The van der Waals surface area contributed by atoms with Gasteiger partial charge in [0.1, 0.15) is 36.5 Å². The first-order chi connectivity index (χ1) is 25.7. The summed E-state index contributed by atoms with van der Waals surface area (Å²) < 4.78 is 16.8. The molecule has 0 heterocycles. The lowest BCUT2D eigenvalue weighted by Crippen LogP contribution is -2.78. The fourth-order valence-corrected chi connectivity index (χ4v) is 6.29. The molecule has 5 aromatic carbocycles. The minimum atomic E-state index is -0.999. The molecular formula is C42H45N4O7+. The number of nitrogens with two attached hydrogens (primary N) is 2. The van der Waals surface area contributed by atoms with Crippen molar-refractivity contribution >= 4 is 45.2 Å². The minimum Gasteiger partial charge on any atom is -0.507 e. The van der Waals surface area contributed by atoms with Gasteiger partial charge in [0.05, 0.1) is 13.7 Å². The highest BCUT2D eigenvalue weighted by Crippen LogP contribution is 2.45. The maximum absolute atomic E-state index is 13.8. The molecule has 1 amide bonds. The molecule has 5 rings (SSSR count). The largest absolute Gasteiger partial charge is 0.507 e. The van der Waals surface area contributed by atoms with Gasteiger partial charge in [-0.25, -0.2) is 4.79 Å². The molecule has 11 nitrogen and oxygen atoms in total. The SMILES string of the molecule is C=CCOc1ccc(C[C@H](NC(=O)[C@@H](CCC[NH+]=C(N)N)CC(=O)COc2ccc3ccccc3c2-c2c(O)ccc3ccccc23)C(=O)OC)cc1. The second-order valence-corrected chi connectivity index (χ2v) is 12.6. The third-order valence-electron chi connectivity index (χ3n) is 8.87. The number of ketones is 1. The number of guanidine groups is 1. The molecule has 0 saturated carbocycles. The van der Waals surface area contributed by atoms with Gasteiger partial charge in [-0.2, -0.15) is 0 Å². The van der Waals surface area contributed by atoms with Gasteiger partial charge in [0.15, 0.2) is 5.78 Å². The third-order valence-corrected chi connectivity index (χ3v) is 8.87. The van der Waals surface area contributed by atoms with E-state index >= 15 is 0 Å². The number of ether oxygens (including phenoxy) is 3. The van der Waals surface area contributed by atoms with Crippen LogP contribution in [0.3, 0.4) is 0 Å². The number of esters is 1. The first-order valence-electron chi connectivity index (χ1n) is 17.4. The molecule has 0 aliphatic rings. The van der Waals surface area contributed by atoms with Crippen LogP contribution in [0.2, 0.25) is 0 Å². The van der Waals surface area contributed by atoms with Crippen LogP contribution in [0, 0.1) is 5.92 Å². The lowest BCUT2D eigenvalue weighted by molar-refractivity contribution is -0.459. The van der Waals surface area contributed by atoms with E-state index < -0.39 is 23.8 Å². The van der Waals surface area contributed by atoms with Crippen molar-refractivity contribution < 1.29 is 38.7 Å². The Kier molecular flexibility index (Phi) is 13.0. The van der Waals surface area contributed by atoms with Gasteiger partial charge in [0, 0.05) is 29.9 Å². The Hall–Kier alpha value is -6.36. The maximum Gasteiger partial charge on any atom is 0.338 e.